The van der Waals surface area contributed by atoms with Crippen LogP contribution in [-0.2, 0) is 10.0 Å². The van der Waals surface area contributed by atoms with Crippen LogP contribution >= 0.6 is 11.8 Å². The largest absolute Gasteiger partial charge is 0.395 e. The van der Waals surface area contributed by atoms with Crippen LogP contribution in [0.15, 0.2) is 4.90 Å². The van der Waals surface area contributed by atoms with E-state index in [1.165, 1.54) is 4.24 Å². The highest BCUT2D eigenvalue weighted by Gasteiger charge is 2.28. The number of anilines is 1. The van der Waals surface area contributed by atoms with Gasteiger partial charge in [0.2, 0.25) is 0 Å². The molecule has 16 heavy (non-hydrogen) atoms. The fourth-order valence-electron chi connectivity index (χ4n) is 1.17. The van der Waals surface area contributed by atoms with Crippen LogP contribution in [-0.4, -0.2) is 8.42 Å². The summed E-state index contributed by atoms with van der Waals surface area (Å²) in [6.07, 6.45) is 0. The lowest BCUT2D eigenvalue weighted by atomic mass is 10.2. The molecule has 0 aromatic heterocycles. The first-order valence-corrected chi connectivity index (χ1v) is 5.65. The van der Waals surface area contributed by atoms with Gasteiger partial charge in [-0.3, -0.25) is 0 Å². The van der Waals surface area contributed by atoms with Crippen LogP contribution < -0.4 is 9.97 Å². The highest BCUT2D eigenvalue weighted by atomic mass is 35.5. The van der Waals surface area contributed by atoms with E-state index >= 15 is 0 Å². The van der Waals surface area contributed by atoms with E-state index in [-0.39, 0.29) is 0 Å². The second kappa shape index (κ2) is 4.11. The van der Waals surface area contributed by atoms with E-state index in [1.807, 2.05) is 0 Å². The van der Waals surface area contributed by atoms with Gasteiger partial charge in [0.15, 0.2) is 17.5 Å². The van der Waals surface area contributed by atoms with Gasteiger partial charge in [-0.1, -0.05) is 0 Å². The third-order valence-electron chi connectivity index (χ3n) is 1.91. The number of hydrogen-bond donors (Lipinski definition) is 2. The van der Waals surface area contributed by atoms with Crippen molar-refractivity contribution >= 4 is 27.5 Å². The third kappa shape index (κ3) is 1.83. The molecule has 1 aromatic rings. The number of rotatable bonds is 2. The number of hydrogen-bond acceptors (Lipinski definition) is 3. The van der Waals surface area contributed by atoms with Crippen molar-refractivity contribution in [2.75, 3.05) is 5.73 Å². The van der Waals surface area contributed by atoms with Crippen LogP contribution in [0.25, 0.3) is 0 Å². The van der Waals surface area contributed by atoms with E-state index in [4.69, 9.17) is 17.5 Å². The first-order valence-electron chi connectivity index (χ1n) is 3.79. The van der Waals surface area contributed by atoms with Crippen LogP contribution in [0.3, 0.4) is 0 Å². The molecule has 0 atom stereocenters. The standard InChI is InChI=1S/C7H6ClF3N2O2S/c1-2-3(9)4(10)5(11)6(12)7(2)16(14,15)13-8/h13H,12H2,1H3. The minimum absolute atomic E-state index is 0.649. The summed E-state index contributed by atoms with van der Waals surface area (Å²) >= 11 is 4.88. The highest BCUT2D eigenvalue weighted by Crippen LogP contribution is 2.30. The van der Waals surface area contributed by atoms with Gasteiger partial charge in [0, 0.05) is 5.56 Å². The Labute approximate surface area is 94.4 Å². The molecule has 4 nitrogen and oxygen atoms in total. The van der Waals surface area contributed by atoms with Crippen molar-refractivity contribution in [3.05, 3.63) is 23.0 Å². The molecule has 0 bridgehead atoms. The van der Waals surface area contributed by atoms with Gasteiger partial charge in [-0.15, -0.1) is 4.24 Å². The summed E-state index contributed by atoms with van der Waals surface area (Å²) in [6.45, 7) is 0.940. The highest BCUT2D eigenvalue weighted by molar-refractivity contribution is 7.90. The molecule has 1 rings (SSSR count). The van der Waals surface area contributed by atoms with Crippen molar-refractivity contribution in [1.82, 2.24) is 4.24 Å². The summed E-state index contributed by atoms with van der Waals surface area (Å²) in [4.78, 5) is -0.918. The summed E-state index contributed by atoms with van der Waals surface area (Å²) in [6, 6.07) is 0. The number of benzene rings is 1. The van der Waals surface area contributed by atoms with Crippen LogP contribution in [0.4, 0.5) is 18.9 Å². The molecule has 0 aliphatic rings. The normalized spacial score (nSPS) is 11.8. The maximum atomic E-state index is 13.1. The lowest BCUT2D eigenvalue weighted by Gasteiger charge is -2.11. The van der Waals surface area contributed by atoms with Gasteiger partial charge in [0.1, 0.15) is 4.90 Å². The van der Waals surface area contributed by atoms with Gasteiger partial charge in [0.05, 0.1) is 5.69 Å². The number of nitrogen functional groups attached to an aromatic ring is 1. The Hall–Kier alpha value is -0.990. The first kappa shape index (κ1) is 13.1. The molecular formula is C7H6ClF3N2O2S. The Morgan fingerprint density at radius 2 is 1.69 bits per heavy atom. The maximum Gasteiger partial charge on any atom is 0.256 e. The number of nitrogens with one attached hydrogen (secondary N) is 1. The zero-order valence-corrected chi connectivity index (χ0v) is 9.39. The second-order valence-electron chi connectivity index (χ2n) is 2.89. The van der Waals surface area contributed by atoms with Crippen molar-refractivity contribution in [3.63, 3.8) is 0 Å². The van der Waals surface area contributed by atoms with Gasteiger partial charge in [-0.25, -0.2) is 21.6 Å². The minimum Gasteiger partial charge on any atom is -0.395 e. The summed E-state index contributed by atoms with van der Waals surface area (Å²) in [5.41, 5.74) is 3.38. The van der Waals surface area contributed by atoms with E-state index < -0.39 is 43.6 Å². The van der Waals surface area contributed by atoms with Crippen molar-refractivity contribution in [2.24, 2.45) is 0 Å². The second-order valence-corrected chi connectivity index (χ2v) is 4.92. The summed E-state index contributed by atoms with van der Waals surface area (Å²) in [5.74, 6) is -5.23. The summed E-state index contributed by atoms with van der Waals surface area (Å²) in [5, 5.41) is 0. The third-order valence-corrected chi connectivity index (χ3v) is 3.78. The van der Waals surface area contributed by atoms with Gasteiger partial charge in [0.25, 0.3) is 10.0 Å². The van der Waals surface area contributed by atoms with Crippen LogP contribution in [0.5, 0.6) is 0 Å². The number of halogens is 4. The Morgan fingerprint density at radius 3 is 2.12 bits per heavy atom. The van der Waals surface area contributed by atoms with Crippen molar-refractivity contribution in [3.8, 4) is 0 Å². The number of nitrogens with two attached hydrogens (primary N) is 1. The monoisotopic (exact) mass is 274 g/mol. The molecule has 0 heterocycles. The van der Waals surface area contributed by atoms with Gasteiger partial charge < -0.3 is 5.73 Å². The molecule has 0 spiro atoms. The molecule has 0 aliphatic heterocycles. The summed E-state index contributed by atoms with van der Waals surface area (Å²) < 4.78 is 62.8. The minimum atomic E-state index is -4.38. The predicted octanol–water partition coefficient (Wildman–Crippen LogP) is 1.43. The zero-order chi connectivity index (χ0) is 12.7. The Balaban J connectivity index is 3.79. The van der Waals surface area contributed by atoms with Gasteiger partial charge in [-0.05, 0) is 18.7 Å². The van der Waals surface area contributed by atoms with Crippen molar-refractivity contribution < 1.29 is 21.6 Å². The van der Waals surface area contributed by atoms with Gasteiger partial charge >= 0.3 is 0 Å². The first-order chi connectivity index (χ1) is 7.24. The van der Waals surface area contributed by atoms with Crippen molar-refractivity contribution in [2.45, 2.75) is 11.8 Å². The van der Waals surface area contributed by atoms with E-state index in [9.17, 15) is 21.6 Å². The molecule has 9 heteroatoms. The van der Waals surface area contributed by atoms with E-state index in [2.05, 4.69) is 0 Å². The lowest BCUT2D eigenvalue weighted by Crippen LogP contribution is -2.19. The molecule has 0 saturated carbocycles. The smallest absolute Gasteiger partial charge is 0.256 e. The molecule has 0 fully saturated rings. The molecule has 0 saturated heterocycles. The van der Waals surface area contributed by atoms with Crippen LogP contribution in [0.2, 0.25) is 0 Å². The van der Waals surface area contributed by atoms with Crippen molar-refractivity contribution in [1.29, 1.82) is 0 Å². The Bertz CT molecular complexity index is 518. The topological polar surface area (TPSA) is 72.2 Å². The molecule has 3 N–H and O–H groups in total. The molecule has 1 aromatic carbocycles. The SMILES string of the molecule is Cc1c(F)c(F)c(F)c(N)c1S(=O)(=O)NCl. The molecular weight excluding hydrogens is 269 g/mol. The van der Waals surface area contributed by atoms with Crippen LogP contribution in [0, 0.1) is 24.4 Å². The average molecular weight is 275 g/mol. The fourth-order valence-corrected chi connectivity index (χ4v) is 2.35. The van der Waals surface area contributed by atoms with E-state index in [0.29, 0.717) is 0 Å². The molecule has 0 aliphatic carbocycles. The maximum absolute atomic E-state index is 13.1. The quantitative estimate of drug-likeness (QED) is 0.487. The average Bonchev–Trinajstić information content (AvgIpc) is 2.23. The molecule has 0 amide bonds. The molecule has 0 radical (unpaired) electrons. The number of sulfonamides is 1. The van der Waals surface area contributed by atoms with E-state index in [0.717, 1.165) is 6.92 Å². The van der Waals surface area contributed by atoms with E-state index in [1.54, 1.807) is 0 Å². The molecule has 90 valence electrons. The van der Waals surface area contributed by atoms with Crippen LogP contribution in [0.1, 0.15) is 5.56 Å². The van der Waals surface area contributed by atoms with Gasteiger partial charge in [-0.2, -0.15) is 0 Å². The summed E-state index contributed by atoms with van der Waals surface area (Å²) in [7, 11) is -4.38. The Kier molecular flexibility index (Phi) is 3.36. The predicted molar refractivity (Wildman–Crippen MR) is 51.6 cm³/mol. The zero-order valence-electron chi connectivity index (χ0n) is 7.81. The lowest BCUT2D eigenvalue weighted by molar-refractivity contribution is 0.441. The Morgan fingerprint density at radius 1 is 1.19 bits per heavy atom. The molecule has 0 unspecified atom stereocenters. The fraction of sp³-hybridized carbons (Fsp3) is 0.143.